The van der Waals surface area contributed by atoms with Crippen LogP contribution in [0.3, 0.4) is 0 Å². The van der Waals surface area contributed by atoms with Crippen molar-refractivity contribution in [1.29, 1.82) is 0 Å². The molecule has 0 bridgehead atoms. The van der Waals surface area contributed by atoms with Crippen molar-refractivity contribution in [2.75, 3.05) is 18.2 Å². The molecule has 2 aromatic rings. The Morgan fingerprint density at radius 2 is 2.18 bits per heavy atom. The molecule has 0 unspecified atom stereocenters. The largest absolute Gasteiger partial charge is 0.467 e. The molecule has 3 N–H and O–H groups in total. The molecule has 5 nitrogen and oxygen atoms in total. The average molecular weight is 320 g/mol. The Morgan fingerprint density at radius 1 is 1.36 bits per heavy atom. The van der Waals surface area contributed by atoms with E-state index < -0.39 is 6.04 Å². The molecule has 6 heteroatoms. The van der Waals surface area contributed by atoms with Gasteiger partial charge >= 0.3 is 6.03 Å². The van der Waals surface area contributed by atoms with Crippen LogP contribution in [0.2, 0.25) is 0 Å². The highest BCUT2D eigenvalue weighted by Gasteiger charge is 2.16. The number of anilines is 1. The molecule has 118 valence electrons. The van der Waals surface area contributed by atoms with Crippen LogP contribution in [-0.2, 0) is 0 Å². The normalized spacial score (nSPS) is 13.4. The van der Waals surface area contributed by atoms with Gasteiger partial charge in [0.1, 0.15) is 11.8 Å². The van der Waals surface area contributed by atoms with Crippen LogP contribution in [-0.4, -0.2) is 24.0 Å². The van der Waals surface area contributed by atoms with Crippen molar-refractivity contribution in [2.24, 2.45) is 0 Å². The number of nitrogens with one attached hydrogen (secondary N) is 2. The van der Waals surface area contributed by atoms with Gasteiger partial charge in [-0.2, -0.15) is 11.8 Å². The maximum atomic E-state index is 12.0. The topological polar surface area (TPSA) is 74.5 Å². The number of carbonyl (C=O) groups is 1. The summed E-state index contributed by atoms with van der Waals surface area (Å²) in [6.07, 6.45) is 3.55. The summed E-state index contributed by atoms with van der Waals surface area (Å²) >= 11 is 1.74. The van der Waals surface area contributed by atoms with E-state index in [9.17, 15) is 9.90 Å². The molecule has 0 spiro atoms. The molecule has 0 aliphatic rings. The van der Waals surface area contributed by atoms with Crippen LogP contribution in [0.5, 0.6) is 0 Å². The number of carbonyl (C=O) groups excluding carboxylic acids is 1. The number of amides is 2. The quantitative estimate of drug-likeness (QED) is 0.761. The van der Waals surface area contributed by atoms with Gasteiger partial charge in [0.15, 0.2) is 0 Å². The number of thioether (sulfide) groups is 1. The molecule has 0 radical (unpaired) electrons. The minimum atomic E-state index is -0.566. The second-order valence-corrected chi connectivity index (χ2v) is 6.03. The van der Waals surface area contributed by atoms with Gasteiger partial charge in [-0.05, 0) is 43.0 Å². The number of rotatable bonds is 6. The molecule has 1 heterocycles. The number of aliphatic hydroxyl groups is 1. The molecule has 0 fully saturated rings. The summed E-state index contributed by atoms with van der Waals surface area (Å²) in [5.41, 5.74) is 1.86. The maximum Gasteiger partial charge on any atom is 0.319 e. The summed E-state index contributed by atoms with van der Waals surface area (Å²) in [6.45, 7) is 1.88. The van der Waals surface area contributed by atoms with Gasteiger partial charge in [0, 0.05) is 10.9 Å². The van der Waals surface area contributed by atoms with Gasteiger partial charge in [-0.1, -0.05) is 12.1 Å². The van der Waals surface area contributed by atoms with Crippen LogP contribution in [0.1, 0.15) is 29.5 Å². The van der Waals surface area contributed by atoms with Crippen molar-refractivity contribution in [3.63, 3.8) is 0 Å². The van der Waals surface area contributed by atoms with Crippen LogP contribution < -0.4 is 10.6 Å². The highest BCUT2D eigenvalue weighted by Crippen LogP contribution is 2.27. The van der Waals surface area contributed by atoms with E-state index in [4.69, 9.17) is 4.42 Å². The molecule has 2 amide bonds. The van der Waals surface area contributed by atoms with E-state index in [0.717, 1.165) is 5.56 Å². The Morgan fingerprint density at radius 3 is 2.82 bits per heavy atom. The molecule has 0 saturated heterocycles. The van der Waals surface area contributed by atoms with Gasteiger partial charge in [-0.15, -0.1) is 0 Å². The lowest BCUT2D eigenvalue weighted by atomic mass is 10.1. The molecule has 0 aliphatic heterocycles. The van der Waals surface area contributed by atoms with Crippen LogP contribution in [0, 0.1) is 0 Å². The zero-order valence-electron chi connectivity index (χ0n) is 12.6. The summed E-state index contributed by atoms with van der Waals surface area (Å²) < 4.78 is 5.20. The highest BCUT2D eigenvalue weighted by atomic mass is 32.2. The van der Waals surface area contributed by atoms with E-state index in [1.165, 1.54) is 6.26 Å². The van der Waals surface area contributed by atoms with Crippen LogP contribution >= 0.6 is 11.8 Å². The summed E-state index contributed by atoms with van der Waals surface area (Å²) in [5, 5.41) is 15.2. The van der Waals surface area contributed by atoms with Crippen molar-refractivity contribution >= 4 is 23.5 Å². The fraction of sp³-hybridized carbons (Fsp3) is 0.312. The Bertz CT molecular complexity index is 601. The molecule has 2 atom stereocenters. The van der Waals surface area contributed by atoms with Crippen LogP contribution in [0.4, 0.5) is 10.5 Å². The van der Waals surface area contributed by atoms with Gasteiger partial charge < -0.3 is 20.2 Å². The first-order valence-electron chi connectivity index (χ1n) is 6.98. The van der Waals surface area contributed by atoms with Crippen molar-refractivity contribution in [1.82, 2.24) is 5.32 Å². The van der Waals surface area contributed by atoms with E-state index in [1.807, 2.05) is 30.5 Å². The van der Waals surface area contributed by atoms with Crippen molar-refractivity contribution < 1.29 is 14.3 Å². The minimum absolute atomic E-state index is 0.232. The summed E-state index contributed by atoms with van der Waals surface area (Å²) in [6, 6.07) is 10.2. The summed E-state index contributed by atoms with van der Waals surface area (Å²) in [4.78, 5) is 12.0. The number of aliphatic hydroxyl groups excluding tert-OH is 1. The second kappa shape index (κ2) is 7.91. The van der Waals surface area contributed by atoms with E-state index >= 15 is 0 Å². The molecule has 1 aromatic carbocycles. The zero-order chi connectivity index (χ0) is 15.9. The predicted molar refractivity (Wildman–Crippen MR) is 89.1 cm³/mol. The number of furan rings is 1. The lowest BCUT2D eigenvalue weighted by Crippen LogP contribution is -2.34. The summed E-state index contributed by atoms with van der Waals surface area (Å²) in [5.74, 6) is 0.516. The number of hydrogen-bond acceptors (Lipinski definition) is 4. The first-order valence-corrected chi connectivity index (χ1v) is 8.27. The lowest BCUT2D eigenvalue weighted by molar-refractivity contribution is 0.215. The Hall–Kier alpha value is -1.92. The Kier molecular flexibility index (Phi) is 5.91. The molecule has 2 rings (SSSR count). The van der Waals surface area contributed by atoms with Crippen molar-refractivity contribution in [3.05, 3.63) is 54.0 Å². The van der Waals surface area contributed by atoms with Gasteiger partial charge in [0.25, 0.3) is 0 Å². The van der Waals surface area contributed by atoms with Gasteiger partial charge in [0.2, 0.25) is 0 Å². The smallest absolute Gasteiger partial charge is 0.319 e. The van der Waals surface area contributed by atoms with Crippen molar-refractivity contribution in [3.8, 4) is 0 Å². The molecular formula is C16H20N2O3S. The first kappa shape index (κ1) is 16.5. The SMILES string of the molecule is CS[C@H](C)c1cccc(NC(=O)N[C@@H](CO)c2ccco2)c1. The van der Waals surface area contributed by atoms with Gasteiger partial charge in [-0.3, -0.25) is 0 Å². The number of hydrogen-bond donors (Lipinski definition) is 3. The van der Waals surface area contributed by atoms with Crippen LogP contribution in [0.15, 0.2) is 47.1 Å². The third-order valence-electron chi connectivity index (χ3n) is 3.34. The minimum Gasteiger partial charge on any atom is -0.467 e. The van der Waals surface area contributed by atoms with E-state index in [-0.39, 0.29) is 12.6 Å². The third-order valence-corrected chi connectivity index (χ3v) is 4.32. The highest BCUT2D eigenvalue weighted by molar-refractivity contribution is 7.98. The molecule has 22 heavy (non-hydrogen) atoms. The fourth-order valence-corrected chi connectivity index (χ4v) is 2.45. The van der Waals surface area contributed by atoms with E-state index in [2.05, 4.69) is 17.6 Å². The Balaban J connectivity index is 1.99. The molecule has 0 aliphatic carbocycles. The zero-order valence-corrected chi connectivity index (χ0v) is 13.4. The monoisotopic (exact) mass is 320 g/mol. The van der Waals surface area contributed by atoms with E-state index in [0.29, 0.717) is 16.7 Å². The standard InChI is InChI=1S/C16H20N2O3S/c1-11(22-2)12-5-3-6-13(9-12)17-16(20)18-14(10-19)15-7-4-8-21-15/h3-9,11,14,19H,10H2,1-2H3,(H2,17,18,20)/t11-,14+/m1/s1. The summed E-state index contributed by atoms with van der Waals surface area (Å²) in [7, 11) is 0. The van der Waals surface area contributed by atoms with Crippen LogP contribution in [0.25, 0.3) is 0 Å². The maximum absolute atomic E-state index is 12.0. The van der Waals surface area contributed by atoms with Crippen molar-refractivity contribution in [2.45, 2.75) is 18.2 Å². The third kappa shape index (κ3) is 4.29. The average Bonchev–Trinajstić information content (AvgIpc) is 3.06. The van der Waals surface area contributed by atoms with Gasteiger partial charge in [0.05, 0.1) is 12.9 Å². The number of benzene rings is 1. The van der Waals surface area contributed by atoms with Gasteiger partial charge in [-0.25, -0.2) is 4.79 Å². The molecular weight excluding hydrogens is 300 g/mol. The van der Waals surface area contributed by atoms with E-state index in [1.54, 1.807) is 23.9 Å². The Labute approximate surface area is 134 Å². The fourth-order valence-electron chi connectivity index (χ4n) is 2.03. The lowest BCUT2D eigenvalue weighted by Gasteiger charge is -2.15. The predicted octanol–water partition coefficient (Wildman–Crippen LogP) is 3.56. The number of urea groups is 1. The molecule has 0 saturated carbocycles. The first-order chi connectivity index (χ1) is 10.6. The molecule has 1 aromatic heterocycles. The second-order valence-electron chi connectivity index (χ2n) is 4.85.